The lowest BCUT2D eigenvalue weighted by Gasteiger charge is -2.24. The second kappa shape index (κ2) is 14.5. The van der Waals surface area contributed by atoms with E-state index in [1.807, 2.05) is 24.3 Å². The second-order valence-corrected chi connectivity index (χ2v) is 16.5. The summed E-state index contributed by atoms with van der Waals surface area (Å²) in [6.45, 7) is 0. The summed E-state index contributed by atoms with van der Waals surface area (Å²) in [6, 6.07) is 74.6. The van der Waals surface area contributed by atoms with Gasteiger partial charge in [-0.1, -0.05) is 176 Å². The maximum absolute atomic E-state index is 6.88. The lowest BCUT2D eigenvalue weighted by Crippen LogP contribution is -2.33. The normalized spacial score (nSPS) is 14.1. The van der Waals surface area contributed by atoms with Crippen LogP contribution < -0.4 is 5.32 Å². The molecule has 1 aliphatic rings. The molecule has 10 aromatic carbocycles. The molecule has 0 amide bonds. The van der Waals surface area contributed by atoms with Gasteiger partial charge < -0.3 is 14.2 Å². The average molecular weight is 820 g/mol. The Morgan fingerprint density at radius 3 is 1.83 bits per heavy atom. The minimum absolute atomic E-state index is 0.376. The third-order valence-electron chi connectivity index (χ3n) is 12.7. The molecule has 64 heavy (non-hydrogen) atoms. The Morgan fingerprint density at radius 1 is 0.375 bits per heavy atom. The Labute approximate surface area is 368 Å². The Balaban J connectivity index is 1.01. The van der Waals surface area contributed by atoms with E-state index in [0.29, 0.717) is 5.84 Å². The van der Waals surface area contributed by atoms with Crippen LogP contribution in [-0.4, -0.2) is 11.7 Å². The fraction of sp³-hybridized carbons (Fsp3) is 0.0169. The number of hydrogen-bond donors (Lipinski definition) is 1. The molecule has 5 nitrogen and oxygen atoms in total. The lowest BCUT2D eigenvalue weighted by molar-refractivity contribution is 0.665. The van der Waals surface area contributed by atoms with Crippen LogP contribution in [0.25, 0.3) is 98.8 Å². The quantitative estimate of drug-likeness (QED) is 0.182. The van der Waals surface area contributed by atoms with Crippen LogP contribution in [-0.2, 0) is 0 Å². The molecule has 0 aliphatic carbocycles. The summed E-state index contributed by atoms with van der Waals surface area (Å²) in [5, 5.41) is 12.6. The van der Waals surface area contributed by atoms with Gasteiger partial charge in [-0.25, -0.2) is 9.98 Å². The molecule has 3 heterocycles. The fourth-order valence-corrected chi connectivity index (χ4v) is 9.61. The van der Waals surface area contributed by atoms with Gasteiger partial charge in [-0.15, -0.1) is 0 Å². The van der Waals surface area contributed by atoms with Crippen molar-refractivity contribution in [3.05, 3.63) is 229 Å². The first-order chi connectivity index (χ1) is 31.7. The standard InChI is InChI=1S/C59H37N3O2/c1-2-13-36(14-3-1)38-25-28-39(29-26-38)57-60-58(42-30-27-37-15-4-5-16-40(37)33-42)62-59(61-57)43-34-41-17-6-7-18-44(41)51(35-43)46-31-32-49(56-54(46)50-20-9-11-24-53(50)64-56)48-22-12-21-47-45-19-8-10-23-52(45)63-55(47)48/h1-35,57H,(H,60,61,62). The number of amidine groups is 2. The Bertz CT molecular complexity index is 3880. The smallest absolute Gasteiger partial charge is 0.159 e. The first kappa shape index (κ1) is 36.1. The second-order valence-electron chi connectivity index (χ2n) is 16.5. The van der Waals surface area contributed by atoms with Crippen molar-refractivity contribution in [3.63, 3.8) is 0 Å². The Morgan fingerprint density at radius 2 is 0.984 bits per heavy atom. The van der Waals surface area contributed by atoms with Gasteiger partial charge in [-0.2, -0.15) is 0 Å². The third kappa shape index (κ3) is 5.93. The number of fused-ring (bicyclic) bond motifs is 8. The molecular weight excluding hydrogens is 783 g/mol. The molecule has 0 saturated carbocycles. The Kier molecular flexibility index (Phi) is 8.21. The summed E-state index contributed by atoms with van der Waals surface area (Å²) in [5.41, 5.74) is 12.8. The molecule has 13 rings (SSSR count). The van der Waals surface area contributed by atoms with Gasteiger partial charge >= 0.3 is 0 Å². The number of hydrogen-bond acceptors (Lipinski definition) is 5. The molecule has 1 N–H and O–H groups in total. The van der Waals surface area contributed by atoms with Crippen molar-refractivity contribution in [2.75, 3.05) is 0 Å². The monoisotopic (exact) mass is 819 g/mol. The number of nitrogens with one attached hydrogen (secondary N) is 1. The van der Waals surface area contributed by atoms with Crippen molar-refractivity contribution in [2.45, 2.75) is 6.17 Å². The summed E-state index contributed by atoms with van der Waals surface area (Å²) in [7, 11) is 0. The zero-order valence-corrected chi connectivity index (χ0v) is 34.5. The summed E-state index contributed by atoms with van der Waals surface area (Å²) in [6.07, 6.45) is -0.376. The first-order valence-corrected chi connectivity index (χ1v) is 21.7. The number of benzene rings is 10. The largest absolute Gasteiger partial charge is 0.455 e. The van der Waals surface area contributed by atoms with Crippen molar-refractivity contribution in [3.8, 4) is 33.4 Å². The van der Waals surface area contributed by atoms with Crippen LogP contribution in [0.3, 0.4) is 0 Å². The van der Waals surface area contributed by atoms with E-state index in [4.69, 9.17) is 18.8 Å². The molecule has 0 radical (unpaired) electrons. The first-order valence-electron chi connectivity index (χ1n) is 21.7. The summed E-state index contributed by atoms with van der Waals surface area (Å²) >= 11 is 0. The van der Waals surface area contributed by atoms with E-state index in [9.17, 15) is 0 Å². The summed E-state index contributed by atoms with van der Waals surface area (Å²) < 4.78 is 13.5. The third-order valence-corrected chi connectivity index (χ3v) is 12.7. The van der Waals surface area contributed by atoms with Crippen LogP contribution in [0.2, 0.25) is 0 Å². The van der Waals surface area contributed by atoms with Crippen LogP contribution in [0.1, 0.15) is 22.9 Å². The fourth-order valence-electron chi connectivity index (χ4n) is 9.61. The maximum atomic E-state index is 6.88. The number of nitrogens with zero attached hydrogens (tertiary/aromatic N) is 2. The molecule has 2 aromatic heterocycles. The maximum Gasteiger partial charge on any atom is 0.159 e. The zero-order chi connectivity index (χ0) is 42.1. The van der Waals surface area contributed by atoms with E-state index in [-0.39, 0.29) is 6.17 Å². The van der Waals surface area contributed by atoms with Gasteiger partial charge in [0.1, 0.15) is 34.3 Å². The van der Waals surface area contributed by atoms with Crippen molar-refractivity contribution < 1.29 is 8.83 Å². The van der Waals surface area contributed by atoms with Gasteiger partial charge in [-0.05, 0) is 85.8 Å². The molecule has 300 valence electrons. The van der Waals surface area contributed by atoms with E-state index in [0.717, 1.165) is 110 Å². The van der Waals surface area contributed by atoms with Gasteiger partial charge in [-0.3, -0.25) is 0 Å². The highest BCUT2D eigenvalue weighted by atomic mass is 16.3. The predicted octanol–water partition coefficient (Wildman–Crippen LogP) is 15.3. The van der Waals surface area contributed by atoms with Crippen LogP contribution in [0.5, 0.6) is 0 Å². The molecule has 0 spiro atoms. The van der Waals surface area contributed by atoms with Gasteiger partial charge in [0.05, 0.1) is 0 Å². The van der Waals surface area contributed by atoms with Gasteiger partial charge in [0, 0.05) is 43.8 Å². The number of aliphatic imine (C=N–C) groups is 2. The van der Waals surface area contributed by atoms with Gasteiger partial charge in [0.15, 0.2) is 5.84 Å². The molecule has 1 unspecified atom stereocenters. The van der Waals surface area contributed by atoms with E-state index in [1.54, 1.807) is 0 Å². The molecule has 1 atom stereocenters. The van der Waals surface area contributed by atoms with Crippen molar-refractivity contribution in [1.82, 2.24) is 5.32 Å². The highest BCUT2D eigenvalue weighted by Gasteiger charge is 2.25. The van der Waals surface area contributed by atoms with E-state index >= 15 is 0 Å². The number of furan rings is 2. The topological polar surface area (TPSA) is 63.0 Å². The highest BCUT2D eigenvalue weighted by molar-refractivity contribution is 6.22. The molecule has 5 heteroatoms. The van der Waals surface area contributed by atoms with Gasteiger partial charge in [0.2, 0.25) is 0 Å². The molecule has 0 bridgehead atoms. The van der Waals surface area contributed by atoms with E-state index in [1.165, 1.54) is 10.9 Å². The molecule has 0 saturated heterocycles. The highest BCUT2D eigenvalue weighted by Crippen LogP contribution is 2.46. The average Bonchev–Trinajstić information content (AvgIpc) is 3.95. The summed E-state index contributed by atoms with van der Waals surface area (Å²) in [4.78, 5) is 10.7. The molecule has 1 aliphatic heterocycles. The minimum Gasteiger partial charge on any atom is -0.455 e. The minimum atomic E-state index is -0.376. The molecular formula is C59H37N3O2. The predicted molar refractivity (Wildman–Crippen MR) is 264 cm³/mol. The van der Waals surface area contributed by atoms with Crippen molar-refractivity contribution in [1.29, 1.82) is 0 Å². The van der Waals surface area contributed by atoms with Crippen LogP contribution in [0, 0.1) is 0 Å². The Hall–Kier alpha value is -8.54. The van der Waals surface area contributed by atoms with E-state index < -0.39 is 0 Å². The van der Waals surface area contributed by atoms with Crippen LogP contribution in [0.4, 0.5) is 0 Å². The molecule has 0 fully saturated rings. The van der Waals surface area contributed by atoms with Crippen molar-refractivity contribution in [2.24, 2.45) is 9.98 Å². The SMILES string of the molecule is c1ccc(-c2ccc(C3N=C(c4cc(-c5ccc(-c6cccc7c6oc6ccccc67)c6oc7ccccc7c56)c5ccccc5c4)N=C(c4ccc5ccccc5c4)N3)cc2)cc1. The molecule has 12 aromatic rings. The number of rotatable bonds is 6. The van der Waals surface area contributed by atoms with Gasteiger partial charge in [0.25, 0.3) is 0 Å². The van der Waals surface area contributed by atoms with E-state index in [2.05, 4.69) is 193 Å². The van der Waals surface area contributed by atoms with Crippen LogP contribution in [0.15, 0.2) is 231 Å². The zero-order valence-electron chi connectivity index (χ0n) is 34.5. The van der Waals surface area contributed by atoms with Crippen LogP contribution >= 0.6 is 0 Å². The summed E-state index contributed by atoms with van der Waals surface area (Å²) in [5.74, 6) is 1.43. The lowest BCUT2D eigenvalue weighted by atomic mass is 9.90. The van der Waals surface area contributed by atoms with Crippen molar-refractivity contribution >= 4 is 77.1 Å². The number of para-hydroxylation sites is 3.